The van der Waals surface area contributed by atoms with Crippen LogP contribution in [0.3, 0.4) is 0 Å². The van der Waals surface area contributed by atoms with Crippen LogP contribution in [0, 0.1) is 12.8 Å². The Hall–Kier alpha value is -0.830. The summed E-state index contributed by atoms with van der Waals surface area (Å²) in [6.07, 6.45) is 5.39. The Kier molecular flexibility index (Phi) is 2.64. The number of hydrogen-bond donors (Lipinski definition) is 1. The topological polar surface area (TPSA) is 38.1 Å². The molecule has 3 heteroatoms. The Morgan fingerprint density at radius 1 is 1.54 bits per heavy atom. The monoisotopic (exact) mass is 180 g/mol. The van der Waals surface area contributed by atoms with Gasteiger partial charge in [-0.2, -0.15) is 0 Å². The first-order valence-corrected chi connectivity index (χ1v) is 4.97. The summed E-state index contributed by atoms with van der Waals surface area (Å²) in [4.78, 5) is 0. The molecule has 1 N–H and O–H groups in total. The van der Waals surface area contributed by atoms with Crippen molar-refractivity contribution in [3.05, 3.63) is 17.5 Å². The maximum Gasteiger partial charge on any atom is 0.139 e. The van der Waals surface area contributed by atoms with Crippen molar-refractivity contribution < 1.29 is 4.52 Å². The van der Waals surface area contributed by atoms with Crippen molar-refractivity contribution >= 4 is 0 Å². The molecule has 1 aromatic rings. The Bertz CT molecular complexity index is 264. The minimum Gasteiger partial charge on any atom is -0.361 e. The lowest BCUT2D eigenvalue weighted by atomic mass is 9.93. The van der Waals surface area contributed by atoms with Crippen LogP contribution >= 0.6 is 0 Å². The van der Waals surface area contributed by atoms with Gasteiger partial charge in [-0.1, -0.05) is 5.16 Å². The standard InChI is InChI=1S/C10H16N2O/c1-8-7-12-13-10(8)6-9-2-4-11-5-3-9/h7,9,11H,2-6H2,1H3. The number of nitrogens with zero attached hydrogens (tertiary/aromatic N) is 1. The first kappa shape index (κ1) is 8.75. The summed E-state index contributed by atoms with van der Waals surface area (Å²) < 4.78 is 5.20. The Balaban J connectivity index is 1.93. The second kappa shape index (κ2) is 3.92. The third-order valence-corrected chi connectivity index (χ3v) is 2.78. The van der Waals surface area contributed by atoms with Crippen molar-refractivity contribution in [1.29, 1.82) is 0 Å². The van der Waals surface area contributed by atoms with E-state index in [1.807, 2.05) is 0 Å². The molecule has 1 aliphatic heterocycles. The van der Waals surface area contributed by atoms with E-state index in [4.69, 9.17) is 4.52 Å². The van der Waals surface area contributed by atoms with E-state index in [0.29, 0.717) is 0 Å². The van der Waals surface area contributed by atoms with E-state index in [2.05, 4.69) is 17.4 Å². The summed E-state index contributed by atoms with van der Waals surface area (Å²) >= 11 is 0. The van der Waals surface area contributed by atoms with Gasteiger partial charge in [0.05, 0.1) is 6.20 Å². The van der Waals surface area contributed by atoms with Crippen molar-refractivity contribution in [1.82, 2.24) is 10.5 Å². The summed E-state index contributed by atoms with van der Waals surface area (Å²) in [5.74, 6) is 1.86. The number of rotatable bonds is 2. The van der Waals surface area contributed by atoms with Gasteiger partial charge in [0.2, 0.25) is 0 Å². The minimum absolute atomic E-state index is 0.785. The number of aromatic nitrogens is 1. The molecule has 2 heterocycles. The van der Waals surface area contributed by atoms with Crippen LogP contribution in [-0.4, -0.2) is 18.2 Å². The maximum atomic E-state index is 5.20. The van der Waals surface area contributed by atoms with Crippen molar-refractivity contribution in [3.63, 3.8) is 0 Å². The zero-order valence-corrected chi connectivity index (χ0v) is 8.05. The van der Waals surface area contributed by atoms with Gasteiger partial charge in [-0.25, -0.2) is 0 Å². The molecular weight excluding hydrogens is 164 g/mol. The predicted molar refractivity (Wildman–Crippen MR) is 50.5 cm³/mol. The third-order valence-electron chi connectivity index (χ3n) is 2.78. The normalized spacial score (nSPS) is 19.2. The molecule has 13 heavy (non-hydrogen) atoms. The molecule has 3 nitrogen and oxygen atoms in total. The van der Waals surface area contributed by atoms with Gasteiger partial charge in [0.15, 0.2) is 0 Å². The fraction of sp³-hybridized carbons (Fsp3) is 0.700. The highest BCUT2D eigenvalue weighted by Crippen LogP contribution is 2.19. The highest BCUT2D eigenvalue weighted by atomic mass is 16.5. The highest BCUT2D eigenvalue weighted by Gasteiger charge is 2.16. The molecule has 72 valence electrons. The summed E-state index contributed by atoms with van der Waals surface area (Å²) in [6, 6.07) is 0. The second-order valence-corrected chi connectivity index (χ2v) is 3.83. The molecule has 0 aliphatic carbocycles. The molecule has 2 rings (SSSR count). The van der Waals surface area contributed by atoms with Gasteiger partial charge in [0, 0.05) is 12.0 Å². The van der Waals surface area contributed by atoms with Crippen LogP contribution in [0.15, 0.2) is 10.7 Å². The lowest BCUT2D eigenvalue weighted by Gasteiger charge is -2.21. The van der Waals surface area contributed by atoms with Crippen LogP contribution in [0.4, 0.5) is 0 Å². The summed E-state index contributed by atoms with van der Waals surface area (Å²) in [5, 5.41) is 7.16. The van der Waals surface area contributed by atoms with E-state index in [1.165, 1.54) is 18.4 Å². The van der Waals surface area contributed by atoms with E-state index in [0.717, 1.165) is 31.2 Å². The van der Waals surface area contributed by atoms with Gasteiger partial charge < -0.3 is 9.84 Å². The molecule has 1 aliphatic rings. The van der Waals surface area contributed by atoms with Crippen molar-refractivity contribution in [2.75, 3.05) is 13.1 Å². The fourth-order valence-corrected chi connectivity index (χ4v) is 1.86. The first-order chi connectivity index (χ1) is 6.36. The molecule has 0 amide bonds. The molecule has 0 spiro atoms. The largest absolute Gasteiger partial charge is 0.361 e. The zero-order valence-electron chi connectivity index (χ0n) is 8.05. The molecule has 0 saturated carbocycles. The van der Waals surface area contributed by atoms with Gasteiger partial charge >= 0.3 is 0 Å². The molecular formula is C10H16N2O. The van der Waals surface area contributed by atoms with E-state index >= 15 is 0 Å². The second-order valence-electron chi connectivity index (χ2n) is 3.83. The smallest absolute Gasteiger partial charge is 0.139 e. The minimum atomic E-state index is 0.785. The number of nitrogens with one attached hydrogen (secondary N) is 1. The van der Waals surface area contributed by atoms with E-state index in [9.17, 15) is 0 Å². The molecule has 0 atom stereocenters. The van der Waals surface area contributed by atoms with Gasteiger partial charge in [-0.15, -0.1) is 0 Å². The number of aryl methyl sites for hydroxylation is 1. The quantitative estimate of drug-likeness (QED) is 0.750. The first-order valence-electron chi connectivity index (χ1n) is 4.97. The zero-order chi connectivity index (χ0) is 9.10. The van der Waals surface area contributed by atoms with Gasteiger partial charge in [0.25, 0.3) is 0 Å². The van der Waals surface area contributed by atoms with E-state index < -0.39 is 0 Å². The lowest BCUT2D eigenvalue weighted by Crippen LogP contribution is -2.28. The molecule has 1 saturated heterocycles. The van der Waals surface area contributed by atoms with Crippen molar-refractivity contribution in [3.8, 4) is 0 Å². The van der Waals surface area contributed by atoms with Crippen LogP contribution in [-0.2, 0) is 6.42 Å². The van der Waals surface area contributed by atoms with Gasteiger partial charge in [-0.3, -0.25) is 0 Å². The van der Waals surface area contributed by atoms with Gasteiger partial charge in [-0.05, 0) is 38.8 Å². The van der Waals surface area contributed by atoms with Crippen molar-refractivity contribution in [2.45, 2.75) is 26.2 Å². The summed E-state index contributed by atoms with van der Waals surface area (Å²) in [7, 11) is 0. The molecule has 1 fully saturated rings. The number of piperidine rings is 1. The van der Waals surface area contributed by atoms with Crippen LogP contribution in [0.25, 0.3) is 0 Å². The predicted octanol–water partition coefficient (Wildman–Crippen LogP) is 1.53. The van der Waals surface area contributed by atoms with Crippen molar-refractivity contribution in [2.24, 2.45) is 5.92 Å². The SMILES string of the molecule is Cc1cnoc1CC1CCNCC1. The molecule has 1 aromatic heterocycles. The highest BCUT2D eigenvalue weighted by molar-refractivity contribution is 5.11. The van der Waals surface area contributed by atoms with Crippen LogP contribution in [0.2, 0.25) is 0 Å². The summed E-state index contributed by atoms with van der Waals surface area (Å²) in [6.45, 7) is 4.36. The molecule has 0 radical (unpaired) electrons. The Morgan fingerprint density at radius 2 is 2.31 bits per heavy atom. The number of hydrogen-bond acceptors (Lipinski definition) is 3. The average Bonchev–Trinajstić information content (AvgIpc) is 2.54. The molecule has 0 unspecified atom stereocenters. The van der Waals surface area contributed by atoms with Crippen LogP contribution in [0.1, 0.15) is 24.2 Å². The van der Waals surface area contributed by atoms with Crippen LogP contribution < -0.4 is 5.32 Å². The summed E-state index contributed by atoms with van der Waals surface area (Å²) in [5.41, 5.74) is 1.19. The van der Waals surface area contributed by atoms with E-state index in [-0.39, 0.29) is 0 Å². The molecule has 0 aromatic carbocycles. The van der Waals surface area contributed by atoms with Crippen LogP contribution in [0.5, 0.6) is 0 Å². The average molecular weight is 180 g/mol. The Labute approximate surface area is 78.5 Å². The van der Waals surface area contributed by atoms with Gasteiger partial charge in [0.1, 0.15) is 5.76 Å². The molecule has 0 bridgehead atoms. The third kappa shape index (κ3) is 2.10. The fourth-order valence-electron chi connectivity index (χ4n) is 1.86. The Morgan fingerprint density at radius 3 is 2.92 bits per heavy atom. The lowest BCUT2D eigenvalue weighted by molar-refractivity contribution is 0.317. The van der Waals surface area contributed by atoms with E-state index in [1.54, 1.807) is 6.20 Å². The maximum absolute atomic E-state index is 5.20.